The lowest BCUT2D eigenvalue weighted by Gasteiger charge is -2.26. The lowest BCUT2D eigenvalue weighted by atomic mass is 10.0. The lowest BCUT2D eigenvalue weighted by molar-refractivity contribution is 0.0971. The van der Waals surface area contributed by atoms with Crippen molar-refractivity contribution in [1.82, 2.24) is 9.97 Å². The molecular weight excluding hydrogens is 216 g/mol. The molecule has 0 saturated carbocycles. The second-order valence-corrected chi connectivity index (χ2v) is 4.96. The second kappa shape index (κ2) is 5.31. The Balaban J connectivity index is 3.15. The van der Waals surface area contributed by atoms with Crippen LogP contribution >= 0.6 is 0 Å². The third-order valence-corrected chi connectivity index (χ3v) is 2.79. The van der Waals surface area contributed by atoms with E-state index >= 15 is 0 Å². The van der Waals surface area contributed by atoms with Crippen LogP contribution in [-0.4, -0.2) is 15.6 Å². The molecule has 0 bridgehead atoms. The fourth-order valence-electron chi connectivity index (χ4n) is 1.43. The Bertz CT molecular complexity index is 377. The quantitative estimate of drug-likeness (QED) is 0.609. The summed E-state index contributed by atoms with van der Waals surface area (Å²) in [5.41, 5.74) is 3.26. The maximum absolute atomic E-state index is 5.94. The molecule has 0 atom stereocenters. The monoisotopic (exact) mass is 238 g/mol. The molecule has 0 aromatic carbocycles. The number of hydrogen-bond acceptors (Lipinski definition) is 5. The van der Waals surface area contributed by atoms with Crippen molar-refractivity contribution >= 4 is 5.82 Å². The maximum Gasteiger partial charge on any atom is 0.222 e. The maximum atomic E-state index is 5.94. The minimum Gasteiger partial charge on any atom is -0.471 e. The van der Waals surface area contributed by atoms with E-state index in [1.165, 1.54) is 6.33 Å². The zero-order valence-electron chi connectivity index (χ0n) is 11.2. The highest BCUT2D eigenvalue weighted by Crippen LogP contribution is 2.32. The molecule has 0 aliphatic rings. The van der Waals surface area contributed by atoms with Gasteiger partial charge in [0.25, 0.3) is 0 Å². The normalized spacial score (nSPS) is 11.7. The molecule has 1 aromatic heterocycles. The van der Waals surface area contributed by atoms with Crippen LogP contribution in [0.3, 0.4) is 0 Å². The lowest BCUT2D eigenvalue weighted by Crippen LogP contribution is -2.28. The Morgan fingerprint density at radius 2 is 2.06 bits per heavy atom. The van der Waals surface area contributed by atoms with Crippen molar-refractivity contribution in [1.29, 1.82) is 0 Å². The van der Waals surface area contributed by atoms with E-state index in [1.54, 1.807) is 0 Å². The van der Waals surface area contributed by atoms with Gasteiger partial charge in [0.2, 0.25) is 5.88 Å². The summed E-state index contributed by atoms with van der Waals surface area (Å²) >= 11 is 0. The van der Waals surface area contributed by atoms with Gasteiger partial charge in [0, 0.05) is 0 Å². The predicted octanol–water partition coefficient (Wildman–Crippen LogP) is 2.45. The predicted molar refractivity (Wildman–Crippen MR) is 68.9 cm³/mol. The van der Waals surface area contributed by atoms with E-state index in [4.69, 9.17) is 10.6 Å². The third kappa shape index (κ3) is 3.30. The van der Waals surface area contributed by atoms with Crippen LogP contribution in [0.2, 0.25) is 0 Å². The van der Waals surface area contributed by atoms with E-state index < -0.39 is 0 Å². The van der Waals surface area contributed by atoms with Crippen molar-refractivity contribution in [3.8, 4) is 5.88 Å². The number of rotatable bonds is 5. The molecule has 1 aromatic rings. The van der Waals surface area contributed by atoms with Crippen LogP contribution in [0.4, 0.5) is 5.82 Å². The smallest absolute Gasteiger partial charge is 0.222 e. The highest BCUT2D eigenvalue weighted by Gasteiger charge is 2.22. The Labute approximate surface area is 103 Å². The summed E-state index contributed by atoms with van der Waals surface area (Å²) in [5, 5.41) is 0. The van der Waals surface area contributed by atoms with E-state index in [9.17, 15) is 0 Å². The minimum absolute atomic E-state index is 0.241. The number of nitrogens with one attached hydrogen (secondary N) is 1. The molecule has 0 spiro atoms. The van der Waals surface area contributed by atoms with Gasteiger partial charge in [-0.25, -0.2) is 15.8 Å². The van der Waals surface area contributed by atoms with Gasteiger partial charge in [-0.2, -0.15) is 0 Å². The van der Waals surface area contributed by atoms with Crippen molar-refractivity contribution in [2.45, 2.75) is 52.6 Å². The molecule has 5 heteroatoms. The van der Waals surface area contributed by atoms with Crippen LogP contribution in [-0.2, 0) is 0 Å². The third-order valence-electron chi connectivity index (χ3n) is 2.79. The van der Waals surface area contributed by atoms with E-state index in [1.807, 2.05) is 13.8 Å². The first-order chi connectivity index (χ1) is 7.91. The van der Waals surface area contributed by atoms with E-state index in [0.717, 1.165) is 12.0 Å². The van der Waals surface area contributed by atoms with Crippen molar-refractivity contribution in [3.05, 3.63) is 11.9 Å². The van der Waals surface area contributed by atoms with Crippen LogP contribution in [0.15, 0.2) is 6.33 Å². The first-order valence-electron chi connectivity index (χ1n) is 5.91. The Kier molecular flexibility index (Phi) is 4.28. The number of nitrogens with two attached hydrogens (primary N) is 1. The van der Waals surface area contributed by atoms with Crippen LogP contribution < -0.4 is 16.0 Å². The molecule has 0 aliphatic heterocycles. The molecule has 17 heavy (non-hydrogen) atoms. The van der Waals surface area contributed by atoms with Crippen molar-refractivity contribution in [2.24, 2.45) is 5.84 Å². The minimum atomic E-state index is -0.246. The van der Waals surface area contributed by atoms with Crippen molar-refractivity contribution in [2.75, 3.05) is 5.43 Å². The fourth-order valence-corrected chi connectivity index (χ4v) is 1.43. The summed E-state index contributed by atoms with van der Waals surface area (Å²) in [6.45, 7) is 10.3. The second-order valence-electron chi connectivity index (χ2n) is 4.96. The molecule has 5 nitrogen and oxygen atoms in total. The Morgan fingerprint density at radius 1 is 1.41 bits per heavy atom. The van der Waals surface area contributed by atoms with Crippen LogP contribution in [0.5, 0.6) is 5.88 Å². The molecule has 96 valence electrons. The van der Waals surface area contributed by atoms with Crippen LogP contribution in [0, 0.1) is 0 Å². The highest BCUT2D eigenvalue weighted by molar-refractivity contribution is 5.49. The number of nitrogen functional groups attached to an aromatic ring is 1. The summed E-state index contributed by atoms with van der Waals surface area (Å²) in [6.07, 6.45) is 2.36. The standard InChI is InChI=1S/C12H22N4O/c1-6-12(4,5)17-11-9(8(2)3)10(16-13)14-7-15-11/h7-8H,6,13H2,1-5H3,(H,14,15,16). The van der Waals surface area contributed by atoms with Gasteiger partial charge < -0.3 is 10.2 Å². The molecule has 1 heterocycles. The van der Waals surface area contributed by atoms with E-state index in [2.05, 4.69) is 36.2 Å². The number of hydrazine groups is 1. The van der Waals surface area contributed by atoms with Gasteiger partial charge in [0.1, 0.15) is 11.9 Å². The van der Waals surface area contributed by atoms with Crippen LogP contribution in [0.25, 0.3) is 0 Å². The molecule has 0 amide bonds. The van der Waals surface area contributed by atoms with Gasteiger partial charge in [-0.05, 0) is 26.2 Å². The summed E-state index contributed by atoms with van der Waals surface area (Å²) in [7, 11) is 0. The van der Waals surface area contributed by atoms with Gasteiger partial charge in [0.15, 0.2) is 5.82 Å². The number of aromatic nitrogens is 2. The van der Waals surface area contributed by atoms with E-state index in [0.29, 0.717) is 11.7 Å². The van der Waals surface area contributed by atoms with Crippen LogP contribution in [0.1, 0.15) is 52.5 Å². The van der Waals surface area contributed by atoms with Gasteiger partial charge in [0.05, 0.1) is 5.56 Å². The summed E-state index contributed by atoms with van der Waals surface area (Å²) in [5.74, 6) is 6.93. The Hall–Kier alpha value is -1.36. The number of nitrogens with zero attached hydrogens (tertiary/aromatic N) is 2. The largest absolute Gasteiger partial charge is 0.471 e. The molecular formula is C12H22N4O. The van der Waals surface area contributed by atoms with Gasteiger partial charge >= 0.3 is 0 Å². The molecule has 0 saturated heterocycles. The number of hydrogen-bond donors (Lipinski definition) is 2. The highest BCUT2D eigenvalue weighted by atomic mass is 16.5. The molecule has 3 N–H and O–H groups in total. The SMILES string of the molecule is CCC(C)(C)Oc1ncnc(NN)c1C(C)C. The molecule has 1 rings (SSSR count). The molecule has 0 aliphatic carbocycles. The fraction of sp³-hybridized carbons (Fsp3) is 0.667. The molecule has 0 radical (unpaired) electrons. The van der Waals surface area contributed by atoms with Gasteiger partial charge in [-0.3, -0.25) is 0 Å². The number of anilines is 1. The van der Waals surface area contributed by atoms with E-state index in [-0.39, 0.29) is 11.5 Å². The topological polar surface area (TPSA) is 73.1 Å². The van der Waals surface area contributed by atoms with Gasteiger partial charge in [-0.1, -0.05) is 20.8 Å². The first kappa shape index (κ1) is 13.7. The average molecular weight is 238 g/mol. The molecule has 0 fully saturated rings. The van der Waals surface area contributed by atoms with Crippen molar-refractivity contribution < 1.29 is 4.74 Å². The molecule has 0 unspecified atom stereocenters. The van der Waals surface area contributed by atoms with Crippen molar-refractivity contribution in [3.63, 3.8) is 0 Å². The Morgan fingerprint density at radius 3 is 2.53 bits per heavy atom. The first-order valence-corrected chi connectivity index (χ1v) is 5.91. The number of ether oxygens (including phenoxy) is 1. The van der Waals surface area contributed by atoms with Gasteiger partial charge in [-0.15, -0.1) is 0 Å². The summed E-state index contributed by atoms with van der Waals surface area (Å²) in [4.78, 5) is 8.32. The summed E-state index contributed by atoms with van der Waals surface area (Å²) < 4.78 is 5.94. The zero-order valence-corrected chi connectivity index (χ0v) is 11.2. The summed E-state index contributed by atoms with van der Waals surface area (Å²) in [6, 6.07) is 0. The zero-order chi connectivity index (χ0) is 13.1. The average Bonchev–Trinajstić information content (AvgIpc) is 2.27.